The minimum absolute atomic E-state index is 0.180. The molecule has 108 valence electrons. The molecule has 3 nitrogen and oxygen atoms in total. The van der Waals surface area contributed by atoms with Crippen LogP contribution in [-0.2, 0) is 9.53 Å². The van der Waals surface area contributed by atoms with Crippen molar-refractivity contribution in [3.05, 3.63) is 48.0 Å². The average molecular weight is 274 g/mol. The van der Waals surface area contributed by atoms with Crippen molar-refractivity contribution in [1.82, 2.24) is 0 Å². The minimum atomic E-state index is -0.755. The molecule has 1 aromatic carbocycles. The van der Waals surface area contributed by atoms with Gasteiger partial charge in [-0.25, -0.2) is 4.79 Å². The Balaban J connectivity index is 2.48. The fourth-order valence-corrected chi connectivity index (χ4v) is 1.89. The zero-order valence-electron chi connectivity index (χ0n) is 12.2. The molecule has 1 rings (SSSR count). The standard InChI is InChI=1S/C17H22O3/c1-3-5-6-10-13-15(4-2)20-17(19)16(18)14-11-8-7-9-12-14/h3,5,7-9,11-12,15H,4,6,10,13H2,1-2H3. The Morgan fingerprint density at radius 1 is 1.25 bits per heavy atom. The van der Waals surface area contributed by atoms with Crippen LogP contribution >= 0.6 is 0 Å². The maximum atomic E-state index is 11.9. The lowest BCUT2D eigenvalue weighted by atomic mass is 10.1. The first-order chi connectivity index (χ1) is 9.69. The Morgan fingerprint density at radius 3 is 2.55 bits per heavy atom. The molecule has 0 aliphatic heterocycles. The molecule has 1 unspecified atom stereocenters. The molecule has 0 aliphatic rings. The van der Waals surface area contributed by atoms with Crippen molar-refractivity contribution in [3.63, 3.8) is 0 Å². The summed E-state index contributed by atoms with van der Waals surface area (Å²) in [5.74, 6) is -1.33. The van der Waals surface area contributed by atoms with Gasteiger partial charge in [-0.15, -0.1) is 0 Å². The van der Waals surface area contributed by atoms with Crippen LogP contribution in [0.15, 0.2) is 42.5 Å². The number of carbonyl (C=O) groups excluding carboxylic acids is 2. The van der Waals surface area contributed by atoms with Gasteiger partial charge in [-0.2, -0.15) is 0 Å². The van der Waals surface area contributed by atoms with E-state index in [1.54, 1.807) is 30.3 Å². The summed E-state index contributed by atoms with van der Waals surface area (Å²) in [5, 5.41) is 0. The largest absolute Gasteiger partial charge is 0.456 e. The number of ether oxygens (including phenoxy) is 1. The van der Waals surface area contributed by atoms with Gasteiger partial charge in [-0.05, 0) is 32.6 Å². The number of benzene rings is 1. The number of esters is 1. The molecular weight excluding hydrogens is 252 g/mol. The third-order valence-corrected chi connectivity index (χ3v) is 3.08. The molecular formula is C17H22O3. The molecule has 3 heteroatoms. The van der Waals surface area contributed by atoms with Crippen molar-refractivity contribution in [2.45, 2.75) is 45.6 Å². The van der Waals surface area contributed by atoms with E-state index in [0.717, 1.165) is 25.7 Å². The van der Waals surface area contributed by atoms with Crippen molar-refractivity contribution in [1.29, 1.82) is 0 Å². The van der Waals surface area contributed by atoms with Crippen molar-refractivity contribution in [2.75, 3.05) is 0 Å². The molecule has 0 saturated heterocycles. The normalized spacial score (nSPS) is 12.3. The number of carbonyl (C=O) groups is 2. The second-order valence-electron chi connectivity index (χ2n) is 4.63. The molecule has 0 aromatic heterocycles. The molecule has 20 heavy (non-hydrogen) atoms. The fraction of sp³-hybridized carbons (Fsp3) is 0.412. The van der Waals surface area contributed by atoms with E-state index >= 15 is 0 Å². The summed E-state index contributed by atoms with van der Waals surface area (Å²) in [7, 11) is 0. The van der Waals surface area contributed by atoms with Gasteiger partial charge in [0.2, 0.25) is 0 Å². The summed E-state index contributed by atoms with van der Waals surface area (Å²) >= 11 is 0. The minimum Gasteiger partial charge on any atom is -0.456 e. The Hall–Kier alpha value is -1.90. The Kier molecular flexibility index (Phi) is 7.33. The van der Waals surface area contributed by atoms with Crippen LogP contribution in [0.2, 0.25) is 0 Å². The third-order valence-electron chi connectivity index (χ3n) is 3.08. The summed E-state index contributed by atoms with van der Waals surface area (Å²) in [5.41, 5.74) is 0.376. The van der Waals surface area contributed by atoms with Gasteiger partial charge >= 0.3 is 5.97 Å². The van der Waals surface area contributed by atoms with Crippen LogP contribution in [0.5, 0.6) is 0 Å². The summed E-state index contributed by atoms with van der Waals surface area (Å²) in [6.45, 7) is 3.94. The Morgan fingerprint density at radius 2 is 1.95 bits per heavy atom. The summed E-state index contributed by atoms with van der Waals surface area (Å²) in [4.78, 5) is 23.7. The monoisotopic (exact) mass is 274 g/mol. The first-order valence-corrected chi connectivity index (χ1v) is 7.10. The lowest BCUT2D eigenvalue weighted by Crippen LogP contribution is -2.24. The molecule has 0 aliphatic carbocycles. The first-order valence-electron chi connectivity index (χ1n) is 7.10. The van der Waals surface area contributed by atoms with Crippen LogP contribution in [-0.4, -0.2) is 17.9 Å². The van der Waals surface area contributed by atoms with Gasteiger partial charge in [0.05, 0.1) is 0 Å². The highest BCUT2D eigenvalue weighted by atomic mass is 16.5. The van der Waals surface area contributed by atoms with Crippen LogP contribution in [0.25, 0.3) is 0 Å². The predicted molar refractivity (Wildman–Crippen MR) is 79.6 cm³/mol. The van der Waals surface area contributed by atoms with E-state index in [2.05, 4.69) is 6.08 Å². The second kappa shape index (κ2) is 9.08. The Labute approximate surface area is 120 Å². The van der Waals surface area contributed by atoms with E-state index in [1.807, 2.05) is 19.9 Å². The topological polar surface area (TPSA) is 43.4 Å². The van der Waals surface area contributed by atoms with Gasteiger partial charge < -0.3 is 4.74 Å². The fourth-order valence-electron chi connectivity index (χ4n) is 1.89. The zero-order chi connectivity index (χ0) is 14.8. The molecule has 0 saturated carbocycles. The lowest BCUT2D eigenvalue weighted by molar-refractivity contribution is -0.143. The summed E-state index contributed by atoms with van der Waals surface area (Å²) in [6.07, 6.45) is 7.35. The van der Waals surface area contributed by atoms with Gasteiger partial charge in [0.1, 0.15) is 6.10 Å². The van der Waals surface area contributed by atoms with Crippen LogP contribution in [0, 0.1) is 0 Å². The van der Waals surface area contributed by atoms with Gasteiger partial charge in [0.25, 0.3) is 5.78 Å². The van der Waals surface area contributed by atoms with Crippen LogP contribution in [0.4, 0.5) is 0 Å². The average Bonchev–Trinajstić information content (AvgIpc) is 2.50. The van der Waals surface area contributed by atoms with Crippen LogP contribution < -0.4 is 0 Å². The van der Waals surface area contributed by atoms with E-state index in [9.17, 15) is 9.59 Å². The molecule has 1 atom stereocenters. The number of hydrogen-bond acceptors (Lipinski definition) is 3. The number of hydrogen-bond donors (Lipinski definition) is 0. The van der Waals surface area contributed by atoms with Crippen molar-refractivity contribution in [2.24, 2.45) is 0 Å². The molecule has 0 spiro atoms. The molecule has 0 radical (unpaired) electrons. The van der Waals surface area contributed by atoms with Crippen LogP contribution in [0.1, 0.15) is 49.9 Å². The zero-order valence-corrected chi connectivity index (χ0v) is 12.2. The van der Waals surface area contributed by atoms with E-state index in [4.69, 9.17) is 4.74 Å². The molecule has 0 fully saturated rings. The number of rotatable bonds is 8. The molecule has 1 aromatic rings. The van der Waals surface area contributed by atoms with Gasteiger partial charge in [-0.3, -0.25) is 4.79 Å². The smallest absolute Gasteiger partial charge is 0.379 e. The highest BCUT2D eigenvalue weighted by molar-refractivity contribution is 6.40. The van der Waals surface area contributed by atoms with E-state index in [-0.39, 0.29) is 6.10 Å². The molecule has 0 N–H and O–H groups in total. The van der Waals surface area contributed by atoms with Gasteiger partial charge in [0.15, 0.2) is 0 Å². The van der Waals surface area contributed by atoms with Gasteiger partial charge in [-0.1, -0.05) is 49.4 Å². The molecule has 0 bridgehead atoms. The van der Waals surface area contributed by atoms with Crippen molar-refractivity contribution in [3.8, 4) is 0 Å². The van der Waals surface area contributed by atoms with E-state index < -0.39 is 11.8 Å². The number of Topliss-reactive ketones (excluding diaryl/α,β-unsaturated/α-hetero) is 1. The lowest BCUT2D eigenvalue weighted by Gasteiger charge is -2.15. The highest BCUT2D eigenvalue weighted by Crippen LogP contribution is 2.11. The van der Waals surface area contributed by atoms with Crippen molar-refractivity contribution < 1.29 is 14.3 Å². The maximum absolute atomic E-state index is 11.9. The van der Waals surface area contributed by atoms with Crippen LogP contribution in [0.3, 0.4) is 0 Å². The predicted octanol–water partition coefficient (Wildman–Crippen LogP) is 3.94. The highest BCUT2D eigenvalue weighted by Gasteiger charge is 2.21. The first kappa shape index (κ1) is 16.2. The van der Waals surface area contributed by atoms with E-state index in [1.165, 1.54) is 0 Å². The van der Waals surface area contributed by atoms with E-state index in [0.29, 0.717) is 5.56 Å². The molecule has 0 heterocycles. The number of unbranched alkanes of at least 4 members (excludes halogenated alkanes) is 1. The second-order valence-corrected chi connectivity index (χ2v) is 4.63. The summed E-state index contributed by atoms with van der Waals surface area (Å²) < 4.78 is 5.28. The third kappa shape index (κ3) is 5.39. The quantitative estimate of drug-likeness (QED) is 0.237. The SMILES string of the molecule is CC=CCCCC(CC)OC(=O)C(=O)c1ccccc1. The Bertz CT molecular complexity index is 449. The maximum Gasteiger partial charge on any atom is 0.379 e. The number of allylic oxidation sites excluding steroid dienone is 2. The summed E-state index contributed by atoms with van der Waals surface area (Å²) in [6, 6.07) is 8.51. The number of ketones is 1. The van der Waals surface area contributed by atoms with Gasteiger partial charge in [0, 0.05) is 5.56 Å². The molecule has 0 amide bonds. The van der Waals surface area contributed by atoms with Crippen molar-refractivity contribution >= 4 is 11.8 Å².